The molecule has 0 bridgehead atoms. The standard InChI is InChI=1S/C16H26N4.HI/c1-3-4-10-18-16(17)19-12-13(2)20-11-9-14-7-5-6-8-15(14)20;/h5-8,13H,3-4,9-12H2,1-2H3,(H3,17,18,19);1H. The van der Waals surface area contributed by atoms with Crippen LogP contribution in [0.4, 0.5) is 5.69 Å². The molecule has 0 spiro atoms. The highest BCUT2D eigenvalue weighted by Crippen LogP contribution is 2.29. The predicted octanol–water partition coefficient (Wildman–Crippen LogP) is 2.76. The van der Waals surface area contributed by atoms with E-state index in [2.05, 4.69) is 53.3 Å². The topological polar surface area (TPSA) is 53.6 Å². The molecule has 1 aliphatic rings. The van der Waals surface area contributed by atoms with Crippen LogP contribution in [0.3, 0.4) is 0 Å². The average Bonchev–Trinajstić information content (AvgIpc) is 2.89. The van der Waals surface area contributed by atoms with Crippen molar-refractivity contribution < 1.29 is 0 Å². The lowest BCUT2D eigenvalue weighted by atomic mass is 10.2. The largest absolute Gasteiger partial charge is 0.370 e. The molecule has 0 aromatic heterocycles. The molecule has 1 unspecified atom stereocenters. The van der Waals surface area contributed by atoms with Gasteiger partial charge in [0.25, 0.3) is 0 Å². The van der Waals surface area contributed by atoms with Crippen LogP contribution in [-0.2, 0) is 6.42 Å². The summed E-state index contributed by atoms with van der Waals surface area (Å²) in [6, 6.07) is 9.01. The molecular weight excluding hydrogens is 375 g/mol. The predicted molar refractivity (Wildman–Crippen MR) is 102 cm³/mol. The molecule has 2 rings (SSSR count). The Morgan fingerprint density at radius 1 is 1.43 bits per heavy atom. The second-order valence-corrected chi connectivity index (χ2v) is 5.43. The van der Waals surface area contributed by atoms with Gasteiger partial charge in [-0.3, -0.25) is 4.99 Å². The Balaban J connectivity index is 0.00000220. The van der Waals surface area contributed by atoms with E-state index in [-0.39, 0.29) is 24.0 Å². The van der Waals surface area contributed by atoms with E-state index < -0.39 is 0 Å². The summed E-state index contributed by atoms with van der Waals surface area (Å²) < 4.78 is 0. The number of nitrogens with zero attached hydrogens (tertiary/aromatic N) is 2. The minimum atomic E-state index is 0. The van der Waals surface area contributed by atoms with Crippen LogP contribution in [0.5, 0.6) is 0 Å². The molecule has 0 amide bonds. The minimum Gasteiger partial charge on any atom is -0.370 e. The van der Waals surface area contributed by atoms with Crippen molar-refractivity contribution >= 4 is 35.6 Å². The van der Waals surface area contributed by atoms with Gasteiger partial charge < -0.3 is 16.0 Å². The average molecular weight is 402 g/mol. The van der Waals surface area contributed by atoms with Crippen LogP contribution in [-0.4, -0.2) is 31.6 Å². The summed E-state index contributed by atoms with van der Waals surface area (Å²) in [6.07, 6.45) is 3.43. The minimum absolute atomic E-state index is 0. The third kappa shape index (κ3) is 5.05. The molecule has 1 aliphatic heterocycles. The molecule has 4 nitrogen and oxygen atoms in total. The maximum Gasteiger partial charge on any atom is 0.188 e. The zero-order valence-electron chi connectivity index (χ0n) is 13.0. The van der Waals surface area contributed by atoms with E-state index in [1.165, 1.54) is 17.7 Å². The normalized spacial score (nSPS) is 15.3. The van der Waals surface area contributed by atoms with Crippen molar-refractivity contribution in [3.63, 3.8) is 0 Å². The lowest BCUT2D eigenvalue weighted by Gasteiger charge is -2.26. The first kappa shape index (κ1) is 18.1. The number of hydrogen-bond donors (Lipinski definition) is 2. The molecule has 21 heavy (non-hydrogen) atoms. The van der Waals surface area contributed by atoms with Gasteiger partial charge in [0.05, 0.1) is 6.54 Å². The van der Waals surface area contributed by atoms with Gasteiger partial charge in [0.1, 0.15) is 0 Å². The molecule has 0 radical (unpaired) electrons. The van der Waals surface area contributed by atoms with Crippen molar-refractivity contribution in [1.82, 2.24) is 5.32 Å². The van der Waals surface area contributed by atoms with E-state index >= 15 is 0 Å². The van der Waals surface area contributed by atoms with Crippen molar-refractivity contribution in [3.8, 4) is 0 Å². The van der Waals surface area contributed by atoms with Crippen LogP contribution in [0.25, 0.3) is 0 Å². The van der Waals surface area contributed by atoms with Gasteiger partial charge in [0.15, 0.2) is 5.96 Å². The number of rotatable bonds is 6. The number of guanidine groups is 1. The maximum absolute atomic E-state index is 5.88. The third-order valence-electron chi connectivity index (χ3n) is 3.82. The van der Waals surface area contributed by atoms with Gasteiger partial charge in [0, 0.05) is 24.8 Å². The zero-order chi connectivity index (χ0) is 14.4. The fraction of sp³-hybridized carbons (Fsp3) is 0.562. The number of nitrogens with two attached hydrogens (primary N) is 1. The second kappa shape index (κ2) is 9.12. The highest BCUT2D eigenvalue weighted by molar-refractivity contribution is 14.0. The first-order valence-electron chi connectivity index (χ1n) is 7.60. The number of fused-ring (bicyclic) bond motifs is 1. The Morgan fingerprint density at radius 2 is 2.19 bits per heavy atom. The van der Waals surface area contributed by atoms with E-state index in [0.717, 1.165) is 32.5 Å². The van der Waals surface area contributed by atoms with E-state index in [1.807, 2.05) is 0 Å². The first-order chi connectivity index (χ1) is 9.72. The van der Waals surface area contributed by atoms with Gasteiger partial charge in [-0.05, 0) is 31.4 Å². The van der Waals surface area contributed by atoms with Crippen molar-refractivity contribution in [1.29, 1.82) is 0 Å². The Hall–Kier alpha value is -0.980. The Kier molecular flexibility index (Phi) is 7.85. The van der Waals surface area contributed by atoms with Gasteiger partial charge in [-0.1, -0.05) is 31.5 Å². The monoisotopic (exact) mass is 402 g/mol. The fourth-order valence-electron chi connectivity index (χ4n) is 2.60. The van der Waals surface area contributed by atoms with E-state index in [9.17, 15) is 0 Å². The van der Waals surface area contributed by atoms with Crippen LogP contribution < -0.4 is 16.0 Å². The quantitative estimate of drug-likeness (QED) is 0.333. The molecule has 3 N–H and O–H groups in total. The summed E-state index contributed by atoms with van der Waals surface area (Å²) in [7, 11) is 0. The number of benzene rings is 1. The highest BCUT2D eigenvalue weighted by atomic mass is 127. The van der Waals surface area contributed by atoms with Gasteiger partial charge >= 0.3 is 0 Å². The summed E-state index contributed by atoms with van der Waals surface area (Å²) >= 11 is 0. The Bertz CT molecular complexity index is 461. The number of nitrogens with one attached hydrogen (secondary N) is 1. The number of para-hydroxylation sites is 1. The summed E-state index contributed by atoms with van der Waals surface area (Å²) in [6.45, 7) is 7.11. The SMILES string of the molecule is CCCCNC(N)=NCC(C)N1CCc2ccccc21.I. The van der Waals surface area contributed by atoms with Gasteiger partial charge in [-0.2, -0.15) is 0 Å². The number of aliphatic imine (C=N–C) groups is 1. The maximum atomic E-state index is 5.88. The van der Waals surface area contributed by atoms with Crippen molar-refractivity contribution in [2.24, 2.45) is 10.7 Å². The molecular formula is C16H27IN4. The number of hydrogen-bond acceptors (Lipinski definition) is 2. The smallest absolute Gasteiger partial charge is 0.188 e. The summed E-state index contributed by atoms with van der Waals surface area (Å²) in [4.78, 5) is 6.88. The van der Waals surface area contributed by atoms with E-state index in [1.54, 1.807) is 0 Å². The van der Waals surface area contributed by atoms with Gasteiger partial charge in [0.2, 0.25) is 0 Å². The lowest BCUT2D eigenvalue weighted by molar-refractivity contribution is 0.659. The summed E-state index contributed by atoms with van der Waals surface area (Å²) in [5.74, 6) is 0.567. The van der Waals surface area contributed by atoms with Crippen LogP contribution >= 0.6 is 24.0 Å². The second-order valence-electron chi connectivity index (χ2n) is 5.43. The molecule has 1 heterocycles. The molecule has 118 valence electrons. The molecule has 0 saturated carbocycles. The zero-order valence-corrected chi connectivity index (χ0v) is 15.3. The van der Waals surface area contributed by atoms with E-state index in [0.29, 0.717) is 12.0 Å². The molecule has 5 heteroatoms. The number of anilines is 1. The molecule has 0 saturated heterocycles. The van der Waals surface area contributed by atoms with Gasteiger partial charge in [-0.15, -0.1) is 24.0 Å². The molecule has 1 aromatic rings. The highest BCUT2D eigenvalue weighted by Gasteiger charge is 2.22. The van der Waals surface area contributed by atoms with Crippen LogP contribution in [0, 0.1) is 0 Å². The Labute approximate surface area is 145 Å². The fourth-order valence-corrected chi connectivity index (χ4v) is 2.60. The summed E-state index contributed by atoms with van der Waals surface area (Å²) in [5, 5.41) is 3.16. The molecule has 1 aromatic carbocycles. The molecule has 0 aliphatic carbocycles. The Morgan fingerprint density at radius 3 is 2.95 bits per heavy atom. The van der Waals surface area contributed by atoms with Crippen molar-refractivity contribution in [2.45, 2.75) is 39.2 Å². The lowest BCUT2D eigenvalue weighted by Crippen LogP contribution is -2.37. The third-order valence-corrected chi connectivity index (χ3v) is 3.82. The van der Waals surface area contributed by atoms with Crippen LogP contribution in [0.2, 0.25) is 0 Å². The number of halogens is 1. The van der Waals surface area contributed by atoms with Crippen LogP contribution in [0.1, 0.15) is 32.3 Å². The molecule has 1 atom stereocenters. The first-order valence-corrected chi connectivity index (χ1v) is 7.60. The van der Waals surface area contributed by atoms with Crippen LogP contribution in [0.15, 0.2) is 29.3 Å². The number of unbranched alkanes of at least 4 members (excludes halogenated alkanes) is 1. The summed E-state index contributed by atoms with van der Waals surface area (Å²) in [5.41, 5.74) is 8.67. The molecule has 0 fully saturated rings. The van der Waals surface area contributed by atoms with E-state index in [4.69, 9.17) is 5.73 Å². The van der Waals surface area contributed by atoms with Crippen molar-refractivity contribution in [3.05, 3.63) is 29.8 Å². The van der Waals surface area contributed by atoms with Crippen molar-refractivity contribution in [2.75, 3.05) is 24.5 Å². The van der Waals surface area contributed by atoms with Gasteiger partial charge in [-0.25, -0.2) is 0 Å².